The van der Waals surface area contributed by atoms with Gasteiger partial charge in [0.1, 0.15) is 0 Å². The van der Waals surface area contributed by atoms with E-state index in [4.69, 9.17) is 5.73 Å². The zero-order valence-electron chi connectivity index (χ0n) is 8.64. The molecule has 1 heterocycles. The molecule has 0 spiro atoms. The van der Waals surface area contributed by atoms with Crippen molar-refractivity contribution in [3.8, 4) is 0 Å². The summed E-state index contributed by atoms with van der Waals surface area (Å²) in [5.41, 5.74) is 5.96. The fourth-order valence-electron chi connectivity index (χ4n) is 1.88. The highest BCUT2D eigenvalue weighted by molar-refractivity contribution is 4.80. The van der Waals surface area contributed by atoms with E-state index in [1.807, 2.05) is 0 Å². The maximum Gasteiger partial charge on any atom is 0.00976 e. The van der Waals surface area contributed by atoms with Crippen LogP contribution in [-0.4, -0.2) is 30.1 Å². The standard InChI is InChI=1S/C10H22N2/c1-10(2,11)7-6-9-5-4-8-12(9)3/h9H,4-8,11H2,1-3H3. The van der Waals surface area contributed by atoms with Crippen LogP contribution in [0, 0.1) is 0 Å². The van der Waals surface area contributed by atoms with Gasteiger partial charge in [0.25, 0.3) is 0 Å². The van der Waals surface area contributed by atoms with Gasteiger partial charge in [0.15, 0.2) is 0 Å². The lowest BCUT2D eigenvalue weighted by atomic mass is 9.96. The molecule has 1 atom stereocenters. The minimum Gasteiger partial charge on any atom is -0.326 e. The average Bonchev–Trinajstić information content (AvgIpc) is 2.29. The lowest BCUT2D eigenvalue weighted by Crippen LogP contribution is -2.35. The van der Waals surface area contributed by atoms with Crippen molar-refractivity contribution in [3.05, 3.63) is 0 Å². The maximum absolute atomic E-state index is 5.94. The van der Waals surface area contributed by atoms with E-state index in [9.17, 15) is 0 Å². The molecular formula is C10H22N2. The first-order valence-electron chi connectivity index (χ1n) is 4.98. The van der Waals surface area contributed by atoms with Gasteiger partial charge in [0.2, 0.25) is 0 Å². The third kappa shape index (κ3) is 3.11. The molecule has 0 aliphatic carbocycles. The molecule has 1 aliphatic heterocycles. The van der Waals surface area contributed by atoms with Gasteiger partial charge in [-0.25, -0.2) is 0 Å². The molecule has 0 aromatic heterocycles. The number of hydrogen-bond donors (Lipinski definition) is 1. The molecule has 0 bridgehead atoms. The fourth-order valence-corrected chi connectivity index (χ4v) is 1.88. The first-order chi connectivity index (χ1) is 5.49. The van der Waals surface area contributed by atoms with Gasteiger partial charge >= 0.3 is 0 Å². The summed E-state index contributed by atoms with van der Waals surface area (Å²) in [7, 11) is 2.22. The van der Waals surface area contributed by atoms with E-state index >= 15 is 0 Å². The molecule has 72 valence electrons. The Labute approximate surface area is 76.1 Å². The van der Waals surface area contributed by atoms with Gasteiger partial charge < -0.3 is 10.6 Å². The van der Waals surface area contributed by atoms with Crippen molar-refractivity contribution in [3.63, 3.8) is 0 Å². The third-order valence-electron chi connectivity index (χ3n) is 2.79. The van der Waals surface area contributed by atoms with Gasteiger partial charge in [-0.05, 0) is 53.1 Å². The van der Waals surface area contributed by atoms with Gasteiger partial charge in [-0.1, -0.05) is 0 Å². The smallest absolute Gasteiger partial charge is 0.00976 e. The summed E-state index contributed by atoms with van der Waals surface area (Å²) in [6.07, 6.45) is 5.14. The molecule has 2 nitrogen and oxygen atoms in total. The molecule has 1 rings (SSSR count). The predicted octanol–water partition coefficient (Wildman–Crippen LogP) is 1.60. The van der Waals surface area contributed by atoms with Gasteiger partial charge in [-0.15, -0.1) is 0 Å². The van der Waals surface area contributed by atoms with Crippen molar-refractivity contribution < 1.29 is 0 Å². The molecule has 0 aromatic carbocycles. The lowest BCUT2D eigenvalue weighted by molar-refractivity contribution is 0.274. The van der Waals surface area contributed by atoms with E-state index in [0.717, 1.165) is 12.5 Å². The van der Waals surface area contributed by atoms with E-state index in [-0.39, 0.29) is 5.54 Å². The van der Waals surface area contributed by atoms with Gasteiger partial charge in [-0.3, -0.25) is 0 Å². The van der Waals surface area contributed by atoms with Gasteiger partial charge in [0.05, 0.1) is 0 Å². The second-order valence-corrected chi connectivity index (χ2v) is 4.80. The lowest BCUT2D eigenvalue weighted by Gasteiger charge is -2.24. The number of likely N-dealkylation sites (tertiary alicyclic amines) is 1. The molecule has 1 aliphatic rings. The Morgan fingerprint density at radius 3 is 2.58 bits per heavy atom. The number of hydrogen-bond acceptors (Lipinski definition) is 2. The summed E-state index contributed by atoms with van der Waals surface area (Å²) in [5.74, 6) is 0. The molecule has 2 N–H and O–H groups in total. The highest BCUT2D eigenvalue weighted by Crippen LogP contribution is 2.21. The van der Waals surface area contributed by atoms with Crippen molar-refractivity contribution in [2.45, 2.75) is 51.1 Å². The normalized spacial score (nSPS) is 26.5. The molecule has 0 aromatic rings. The maximum atomic E-state index is 5.94. The van der Waals surface area contributed by atoms with Gasteiger partial charge in [0, 0.05) is 11.6 Å². The zero-order valence-corrected chi connectivity index (χ0v) is 8.64. The summed E-state index contributed by atoms with van der Waals surface area (Å²) in [6, 6.07) is 0.799. The van der Waals surface area contributed by atoms with E-state index in [1.165, 1.54) is 25.8 Å². The van der Waals surface area contributed by atoms with Crippen LogP contribution in [0.4, 0.5) is 0 Å². The van der Waals surface area contributed by atoms with Crippen LogP contribution in [0.15, 0.2) is 0 Å². The first-order valence-corrected chi connectivity index (χ1v) is 4.98. The molecule has 1 fully saturated rings. The Hall–Kier alpha value is -0.0800. The average molecular weight is 170 g/mol. The van der Waals surface area contributed by atoms with E-state index in [0.29, 0.717) is 0 Å². The number of nitrogens with two attached hydrogens (primary N) is 1. The van der Waals surface area contributed by atoms with Crippen LogP contribution in [0.3, 0.4) is 0 Å². The Kier molecular flexibility index (Phi) is 3.13. The molecule has 1 saturated heterocycles. The second kappa shape index (κ2) is 3.75. The second-order valence-electron chi connectivity index (χ2n) is 4.80. The number of rotatable bonds is 3. The van der Waals surface area contributed by atoms with Crippen LogP contribution in [-0.2, 0) is 0 Å². The predicted molar refractivity (Wildman–Crippen MR) is 53.2 cm³/mol. The van der Waals surface area contributed by atoms with Crippen molar-refractivity contribution in [1.82, 2.24) is 4.90 Å². The van der Waals surface area contributed by atoms with Crippen molar-refractivity contribution >= 4 is 0 Å². The third-order valence-corrected chi connectivity index (χ3v) is 2.79. The molecule has 1 unspecified atom stereocenters. The van der Waals surface area contributed by atoms with Crippen LogP contribution in [0.5, 0.6) is 0 Å². The quantitative estimate of drug-likeness (QED) is 0.697. The summed E-state index contributed by atoms with van der Waals surface area (Å²) in [4.78, 5) is 2.46. The molecular weight excluding hydrogens is 148 g/mol. The van der Waals surface area contributed by atoms with E-state index in [1.54, 1.807) is 0 Å². The van der Waals surface area contributed by atoms with Crippen LogP contribution in [0.25, 0.3) is 0 Å². The Bertz CT molecular complexity index is 137. The van der Waals surface area contributed by atoms with Gasteiger partial charge in [-0.2, -0.15) is 0 Å². The minimum atomic E-state index is 0.0173. The topological polar surface area (TPSA) is 29.3 Å². The molecule has 12 heavy (non-hydrogen) atoms. The van der Waals surface area contributed by atoms with Crippen LogP contribution in [0.1, 0.15) is 39.5 Å². The van der Waals surface area contributed by atoms with Crippen molar-refractivity contribution in [2.75, 3.05) is 13.6 Å². The summed E-state index contributed by atoms with van der Waals surface area (Å²) in [5, 5.41) is 0. The highest BCUT2D eigenvalue weighted by Gasteiger charge is 2.22. The fraction of sp³-hybridized carbons (Fsp3) is 1.00. The summed E-state index contributed by atoms with van der Waals surface area (Å²) < 4.78 is 0. The van der Waals surface area contributed by atoms with E-state index < -0.39 is 0 Å². The SMILES string of the molecule is CN1CCCC1CCC(C)(C)N. The van der Waals surface area contributed by atoms with Crippen LogP contribution >= 0.6 is 0 Å². The van der Waals surface area contributed by atoms with Crippen LogP contribution < -0.4 is 5.73 Å². The highest BCUT2D eigenvalue weighted by atomic mass is 15.1. The molecule has 0 saturated carbocycles. The summed E-state index contributed by atoms with van der Waals surface area (Å²) >= 11 is 0. The molecule has 2 heteroatoms. The monoisotopic (exact) mass is 170 g/mol. The number of nitrogens with zero attached hydrogens (tertiary/aromatic N) is 1. The first kappa shape index (κ1) is 10.0. The zero-order chi connectivity index (χ0) is 9.19. The van der Waals surface area contributed by atoms with E-state index in [2.05, 4.69) is 25.8 Å². The Morgan fingerprint density at radius 1 is 1.50 bits per heavy atom. The minimum absolute atomic E-state index is 0.0173. The largest absolute Gasteiger partial charge is 0.326 e. The Morgan fingerprint density at radius 2 is 2.17 bits per heavy atom. The van der Waals surface area contributed by atoms with Crippen LogP contribution in [0.2, 0.25) is 0 Å². The molecule has 0 amide bonds. The molecule has 0 radical (unpaired) electrons. The summed E-state index contributed by atoms with van der Waals surface area (Å²) in [6.45, 7) is 5.50. The van der Waals surface area contributed by atoms with Crippen molar-refractivity contribution in [2.24, 2.45) is 5.73 Å². The Balaban J connectivity index is 2.23. The van der Waals surface area contributed by atoms with Crippen molar-refractivity contribution in [1.29, 1.82) is 0 Å².